The molecule has 144 valence electrons. The number of amides is 1. The van der Waals surface area contributed by atoms with E-state index >= 15 is 0 Å². The van der Waals surface area contributed by atoms with Crippen LogP contribution in [-0.2, 0) is 4.79 Å². The third-order valence-electron chi connectivity index (χ3n) is 5.32. The predicted octanol–water partition coefficient (Wildman–Crippen LogP) is 3.26. The Hall–Kier alpha value is -1.67. The van der Waals surface area contributed by atoms with Crippen LogP contribution in [0.15, 0.2) is 38.5 Å². The van der Waals surface area contributed by atoms with Crippen LogP contribution >= 0.6 is 23.5 Å². The number of H-pyrrole nitrogens is 1. The fourth-order valence-electron chi connectivity index (χ4n) is 3.61. The molecule has 8 heteroatoms. The molecule has 1 saturated carbocycles. The van der Waals surface area contributed by atoms with Crippen LogP contribution in [0.2, 0.25) is 0 Å². The average Bonchev–Trinajstić information content (AvgIpc) is 2.93. The number of aromatic nitrogens is 2. The second-order valence-corrected chi connectivity index (χ2v) is 9.23. The Morgan fingerprint density at radius 2 is 2.11 bits per heavy atom. The quantitative estimate of drug-likeness (QED) is 0.769. The van der Waals surface area contributed by atoms with Crippen LogP contribution in [0.3, 0.4) is 0 Å². The summed E-state index contributed by atoms with van der Waals surface area (Å²) in [5.74, 6) is 3.52. The monoisotopic (exact) mass is 405 g/mol. The van der Waals surface area contributed by atoms with Crippen molar-refractivity contribution in [2.75, 3.05) is 23.8 Å². The number of carbonyl (C=O) groups excluding carboxylic acids is 1. The molecular formula is C19H23N3O3S2. The number of rotatable bonds is 5. The van der Waals surface area contributed by atoms with Crippen LogP contribution in [0, 0.1) is 5.92 Å². The number of thioether (sulfide) groups is 2. The largest absolute Gasteiger partial charge is 0.439 e. The summed E-state index contributed by atoms with van der Waals surface area (Å²) in [7, 11) is 0. The maximum absolute atomic E-state index is 12.9. The molecule has 1 atom stereocenters. The number of hydrogen-bond donors (Lipinski definition) is 1. The first kappa shape index (κ1) is 18.7. The molecule has 1 saturated heterocycles. The van der Waals surface area contributed by atoms with Crippen molar-refractivity contribution in [3.8, 4) is 11.4 Å². The molecule has 2 aromatic rings. The first-order valence-corrected chi connectivity index (χ1v) is 11.5. The summed E-state index contributed by atoms with van der Waals surface area (Å²) in [6.07, 6.45) is 4.95. The minimum absolute atomic E-state index is 0.254. The molecule has 2 aliphatic rings. The number of carbonyl (C=O) groups is 1. The number of nitrogens with zero attached hydrogens (tertiary/aromatic N) is 2. The van der Waals surface area contributed by atoms with Gasteiger partial charge in [0.25, 0.3) is 0 Å². The highest BCUT2D eigenvalue weighted by atomic mass is 32.2. The van der Waals surface area contributed by atoms with Gasteiger partial charge in [-0.2, -0.15) is 11.8 Å². The minimum Gasteiger partial charge on any atom is -0.338 e. The third-order valence-corrected chi connectivity index (χ3v) is 7.47. The van der Waals surface area contributed by atoms with E-state index in [4.69, 9.17) is 0 Å². The average molecular weight is 406 g/mol. The lowest BCUT2D eigenvalue weighted by molar-refractivity contribution is -0.131. The van der Waals surface area contributed by atoms with Crippen LogP contribution in [0.25, 0.3) is 11.4 Å². The molecule has 27 heavy (non-hydrogen) atoms. The van der Waals surface area contributed by atoms with Crippen LogP contribution in [0.5, 0.6) is 0 Å². The highest BCUT2D eigenvalue weighted by Crippen LogP contribution is 2.35. The molecule has 1 amide bonds. The topological polar surface area (TPSA) is 79.2 Å². The molecule has 0 bridgehead atoms. The molecule has 2 heterocycles. The zero-order chi connectivity index (χ0) is 18.6. The van der Waals surface area contributed by atoms with Crippen LogP contribution in [0.1, 0.15) is 25.7 Å². The van der Waals surface area contributed by atoms with Gasteiger partial charge in [-0.3, -0.25) is 14.3 Å². The first-order chi connectivity index (χ1) is 13.2. The van der Waals surface area contributed by atoms with Crippen molar-refractivity contribution in [3.05, 3.63) is 34.8 Å². The van der Waals surface area contributed by atoms with Crippen molar-refractivity contribution in [2.45, 2.75) is 36.6 Å². The van der Waals surface area contributed by atoms with Gasteiger partial charge in [-0.05, 0) is 43.1 Å². The maximum atomic E-state index is 12.9. The molecule has 1 aromatic heterocycles. The van der Waals surface area contributed by atoms with E-state index in [2.05, 4.69) is 19.6 Å². The summed E-state index contributed by atoms with van der Waals surface area (Å²) < 4.78 is 4.53. The van der Waals surface area contributed by atoms with Gasteiger partial charge in [-0.15, -0.1) is 11.8 Å². The predicted molar refractivity (Wildman–Crippen MR) is 108 cm³/mol. The molecule has 1 N–H and O–H groups in total. The normalized spacial score (nSPS) is 20.9. The second-order valence-electron chi connectivity index (χ2n) is 7.03. The summed E-state index contributed by atoms with van der Waals surface area (Å²) in [6, 6.07) is 8.07. The molecule has 6 nitrogen and oxygen atoms in total. The van der Waals surface area contributed by atoms with E-state index in [1.54, 1.807) is 11.8 Å². The van der Waals surface area contributed by atoms with Crippen molar-refractivity contribution in [3.63, 3.8) is 0 Å². The van der Waals surface area contributed by atoms with Crippen LogP contribution in [0.4, 0.5) is 0 Å². The van der Waals surface area contributed by atoms with E-state index < -0.39 is 5.76 Å². The Kier molecular flexibility index (Phi) is 5.92. The van der Waals surface area contributed by atoms with Gasteiger partial charge in [0.05, 0.1) is 5.75 Å². The Bertz CT molecular complexity index is 829. The van der Waals surface area contributed by atoms with E-state index in [9.17, 15) is 9.59 Å². The molecule has 1 unspecified atom stereocenters. The molecule has 0 spiro atoms. The summed E-state index contributed by atoms with van der Waals surface area (Å²) >= 11 is 3.56. The molecule has 1 aromatic carbocycles. The third kappa shape index (κ3) is 4.43. The molecule has 1 aliphatic heterocycles. The van der Waals surface area contributed by atoms with E-state index in [0.29, 0.717) is 23.5 Å². The number of nitrogens with one attached hydrogen (secondary N) is 1. The van der Waals surface area contributed by atoms with Gasteiger partial charge < -0.3 is 4.90 Å². The summed E-state index contributed by atoms with van der Waals surface area (Å²) in [5, 5.41) is 3.69. The van der Waals surface area contributed by atoms with Gasteiger partial charge in [0.15, 0.2) is 5.82 Å². The van der Waals surface area contributed by atoms with Gasteiger partial charge in [0.2, 0.25) is 5.91 Å². The first-order valence-electron chi connectivity index (χ1n) is 9.37. The van der Waals surface area contributed by atoms with E-state index in [-0.39, 0.29) is 5.91 Å². The van der Waals surface area contributed by atoms with Crippen molar-refractivity contribution in [2.24, 2.45) is 5.92 Å². The molecule has 0 radical (unpaired) electrons. The van der Waals surface area contributed by atoms with Crippen molar-refractivity contribution in [1.82, 2.24) is 15.0 Å². The van der Waals surface area contributed by atoms with Crippen LogP contribution in [-0.4, -0.2) is 50.8 Å². The summed E-state index contributed by atoms with van der Waals surface area (Å²) in [6.45, 7) is 0.895. The molecule has 2 fully saturated rings. The lowest BCUT2D eigenvalue weighted by Gasteiger charge is -2.40. The zero-order valence-electron chi connectivity index (χ0n) is 15.1. The number of aromatic amines is 1. The van der Waals surface area contributed by atoms with E-state index in [1.165, 1.54) is 19.3 Å². The minimum atomic E-state index is -0.564. The SMILES string of the molecule is O=C(CSc1ccc(-c2noc(=O)[nH]2)cc1)N1CCCSCC1C1CCC1. The smallest absolute Gasteiger partial charge is 0.338 e. The van der Waals surface area contributed by atoms with E-state index in [0.717, 1.165) is 34.9 Å². The van der Waals surface area contributed by atoms with Crippen molar-refractivity contribution < 1.29 is 9.32 Å². The Labute approximate surface area is 166 Å². The Morgan fingerprint density at radius 1 is 1.30 bits per heavy atom. The maximum Gasteiger partial charge on any atom is 0.439 e. The van der Waals surface area contributed by atoms with Crippen molar-refractivity contribution >= 4 is 29.4 Å². The Balaban J connectivity index is 1.37. The number of benzene rings is 1. The zero-order valence-corrected chi connectivity index (χ0v) is 16.7. The van der Waals surface area contributed by atoms with Gasteiger partial charge in [0, 0.05) is 28.8 Å². The molecule has 4 rings (SSSR count). The highest BCUT2D eigenvalue weighted by molar-refractivity contribution is 8.00. The fraction of sp³-hybridized carbons (Fsp3) is 0.526. The fourth-order valence-corrected chi connectivity index (χ4v) is 5.59. The van der Waals surface area contributed by atoms with Gasteiger partial charge >= 0.3 is 5.76 Å². The highest BCUT2D eigenvalue weighted by Gasteiger charge is 2.34. The molecule has 1 aliphatic carbocycles. The second kappa shape index (κ2) is 8.56. The van der Waals surface area contributed by atoms with Gasteiger partial charge in [-0.1, -0.05) is 23.7 Å². The standard InChI is InChI=1S/C19H23N3O3S2/c23-17(22-9-2-10-26-11-16(22)13-3-1-4-13)12-27-15-7-5-14(6-8-15)18-20-19(24)25-21-18/h5-8,13,16H,1-4,9-12H2,(H,20,21,24). The van der Waals surface area contributed by atoms with Crippen LogP contribution < -0.4 is 5.76 Å². The van der Waals surface area contributed by atoms with Gasteiger partial charge in [0.1, 0.15) is 0 Å². The lowest BCUT2D eigenvalue weighted by Crippen LogP contribution is -2.48. The Morgan fingerprint density at radius 3 is 2.78 bits per heavy atom. The summed E-state index contributed by atoms with van der Waals surface area (Å²) in [5.41, 5.74) is 0.783. The van der Waals surface area contributed by atoms with E-state index in [1.807, 2.05) is 36.0 Å². The number of hydrogen-bond acceptors (Lipinski definition) is 6. The van der Waals surface area contributed by atoms with Gasteiger partial charge in [-0.25, -0.2) is 4.79 Å². The lowest BCUT2D eigenvalue weighted by atomic mass is 9.79. The summed E-state index contributed by atoms with van der Waals surface area (Å²) in [4.78, 5) is 29.7. The van der Waals surface area contributed by atoms with Crippen molar-refractivity contribution in [1.29, 1.82) is 0 Å². The molecular weight excluding hydrogens is 382 g/mol.